The van der Waals surface area contributed by atoms with Crippen molar-refractivity contribution >= 4 is 11.9 Å². The normalized spacial score (nSPS) is 23.3. The first kappa shape index (κ1) is 15.0. The first-order valence-corrected chi connectivity index (χ1v) is 7.96. The summed E-state index contributed by atoms with van der Waals surface area (Å²) in [5.41, 5.74) is 1.11. The standard InChI is InChI=1S/C17H22N2O3/c20-16(18-12-13-4-2-1-3-5-13)14-6-9-19(10-7-14)15-8-11-22-17(15)21/h1-5,14-15H,6-12H2,(H,18,20). The molecular formula is C17H22N2O3. The largest absolute Gasteiger partial charge is 0.464 e. The van der Waals surface area contributed by atoms with Crippen LogP contribution in [-0.2, 0) is 20.9 Å². The Morgan fingerprint density at radius 1 is 1.18 bits per heavy atom. The molecule has 22 heavy (non-hydrogen) atoms. The molecule has 1 N–H and O–H groups in total. The molecule has 3 rings (SSSR count). The average molecular weight is 302 g/mol. The number of benzene rings is 1. The molecule has 118 valence electrons. The van der Waals surface area contributed by atoms with Crippen LogP contribution in [0.5, 0.6) is 0 Å². The molecule has 5 heteroatoms. The predicted molar refractivity (Wildman–Crippen MR) is 81.9 cm³/mol. The van der Waals surface area contributed by atoms with Gasteiger partial charge in [-0.2, -0.15) is 0 Å². The molecule has 0 spiro atoms. The molecule has 2 aliphatic rings. The number of piperidine rings is 1. The van der Waals surface area contributed by atoms with Crippen LogP contribution in [-0.4, -0.2) is 42.5 Å². The van der Waals surface area contributed by atoms with Gasteiger partial charge in [-0.05, 0) is 31.5 Å². The fourth-order valence-corrected chi connectivity index (χ4v) is 3.22. The molecular weight excluding hydrogens is 280 g/mol. The van der Waals surface area contributed by atoms with Gasteiger partial charge in [0.15, 0.2) is 0 Å². The molecule has 0 bridgehead atoms. The second-order valence-electron chi connectivity index (χ2n) is 5.99. The van der Waals surface area contributed by atoms with Gasteiger partial charge in [-0.25, -0.2) is 0 Å². The third kappa shape index (κ3) is 3.47. The Balaban J connectivity index is 1.44. The van der Waals surface area contributed by atoms with Gasteiger partial charge in [0, 0.05) is 18.9 Å². The smallest absolute Gasteiger partial charge is 0.323 e. The molecule has 2 aliphatic heterocycles. The average Bonchev–Trinajstić information content (AvgIpc) is 3.00. The van der Waals surface area contributed by atoms with Gasteiger partial charge < -0.3 is 10.1 Å². The van der Waals surface area contributed by atoms with Crippen LogP contribution in [0.1, 0.15) is 24.8 Å². The van der Waals surface area contributed by atoms with Crippen LogP contribution < -0.4 is 5.32 Å². The summed E-state index contributed by atoms with van der Waals surface area (Å²) in [4.78, 5) is 26.0. The second-order valence-corrected chi connectivity index (χ2v) is 5.99. The maximum Gasteiger partial charge on any atom is 0.323 e. The number of rotatable bonds is 4. The number of cyclic esters (lactones) is 1. The third-order valence-electron chi connectivity index (χ3n) is 4.56. The van der Waals surface area contributed by atoms with Crippen molar-refractivity contribution in [2.45, 2.75) is 31.8 Å². The van der Waals surface area contributed by atoms with Crippen LogP contribution in [0, 0.1) is 5.92 Å². The summed E-state index contributed by atoms with van der Waals surface area (Å²) in [6.45, 7) is 2.70. The van der Waals surface area contributed by atoms with E-state index in [1.165, 1.54) is 0 Å². The van der Waals surface area contributed by atoms with E-state index in [0.29, 0.717) is 13.2 Å². The summed E-state index contributed by atoms with van der Waals surface area (Å²) < 4.78 is 5.02. The zero-order chi connectivity index (χ0) is 15.4. The SMILES string of the molecule is O=C(NCc1ccccc1)C1CCN(C2CCOC2=O)CC1. The Kier molecular flexibility index (Phi) is 4.73. The Bertz CT molecular complexity index is 524. The van der Waals surface area contributed by atoms with Crippen molar-refractivity contribution in [2.75, 3.05) is 19.7 Å². The van der Waals surface area contributed by atoms with Gasteiger partial charge in [-0.1, -0.05) is 30.3 Å². The number of hydrogen-bond donors (Lipinski definition) is 1. The lowest BCUT2D eigenvalue weighted by atomic mass is 9.94. The molecule has 1 unspecified atom stereocenters. The highest BCUT2D eigenvalue weighted by molar-refractivity contribution is 5.79. The van der Waals surface area contributed by atoms with Gasteiger partial charge in [0.2, 0.25) is 5.91 Å². The van der Waals surface area contributed by atoms with Crippen LogP contribution in [0.25, 0.3) is 0 Å². The topological polar surface area (TPSA) is 58.6 Å². The van der Waals surface area contributed by atoms with Crippen molar-refractivity contribution < 1.29 is 14.3 Å². The molecule has 0 aliphatic carbocycles. The summed E-state index contributed by atoms with van der Waals surface area (Å²) in [5, 5.41) is 3.01. The summed E-state index contributed by atoms with van der Waals surface area (Å²) >= 11 is 0. The van der Waals surface area contributed by atoms with Crippen molar-refractivity contribution in [3.63, 3.8) is 0 Å². The number of amides is 1. The van der Waals surface area contributed by atoms with E-state index in [-0.39, 0.29) is 23.8 Å². The first-order chi connectivity index (χ1) is 10.7. The van der Waals surface area contributed by atoms with Gasteiger partial charge in [0.1, 0.15) is 6.04 Å². The number of hydrogen-bond acceptors (Lipinski definition) is 4. The molecule has 1 aromatic rings. The Labute approximate surface area is 130 Å². The van der Waals surface area contributed by atoms with Gasteiger partial charge in [0.05, 0.1) is 6.61 Å². The van der Waals surface area contributed by atoms with Crippen LogP contribution >= 0.6 is 0 Å². The molecule has 0 saturated carbocycles. The molecule has 2 heterocycles. The fraction of sp³-hybridized carbons (Fsp3) is 0.529. The summed E-state index contributed by atoms with van der Waals surface area (Å²) in [6.07, 6.45) is 2.40. The monoisotopic (exact) mass is 302 g/mol. The quantitative estimate of drug-likeness (QED) is 0.853. The molecule has 0 radical (unpaired) electrons. The van der Waals surface area contributed by atoms with E-state index in [1.54, 1.807) is 0 Å². The zero-order valence-electron chi connectivity index (χ0n) is 12.7. The molecule has 2 saturated heterocycles. The van der Waals surface area contributed by atoms with Crippen molar-refractivity contribution in [1.82, 2.24) is 10.2 Å². The number of carbonyl (C=O) groups excluding carboxylic acids is 2. The number of likely N-dealkylation sites (tertiary alicyclic amines) is 1. The number of esters is 1. The third-order valence-corrected chi connectivity index (χ3v) is 4.56. The van der Waals surface area contributed by atoms with E-state index < -0.39 is 0 Å². The molecule has 1 amide bonds. The highest BCUT2D eigenvalue weighted by Gasteiger charge is 2.35. The summed E-state index contributed by atoms with van der Waals surface area (Å²) in [5.74, 6) is 0.0712. The van der Waals surface area contributed by atoms with Crippen molar-refractivity contribution in [3.05, 3.63) is 35.9 Å². The Morgan fingerprint density at radius 2 is 1.91 bits per heavy atom. The maximum atomic E-state index is 12.2. The van der Waals surface area contributed by atoms with E-state index in [4.69, 9.17) is 4.74 Å². The summed E-state index contributed by atoms with van der Waals surface area (Å²) in [6, 6.07) is 9.84. The zero-order valence-corrected chi connectivity index (χ0v) is 12.7. The molecule has 0 aromatic heterocycles. The minimum absolute atomic E-state index is 0.0531. The van der Waals surface area contributed by atoms with Crippen LogP contribution in [0.4, 0.5) is 0 Å². The number of nitrogens with zero attached hydrogens (tertiary/aromatic N) is 1. The lowest BCUT2D eigenvalue weighted by molar-refractivity contribution is -0.142. The van der Waals surface area contributed by atoms with Gasteiger partial charge in [-0.3, -0.25) is 14.5 Å². The van der Waals surface area contributed by atoms with E-state index in [0.717, 1.165) is 37.9 Å². The maximum absolute atomic E-state index is 12.2. The van der Waals surface area contributed by atoms with Crippen LogP contribution in [0.3, 0.4) is 0 Å². The van der Waals surface area contributed by atoms with Crippen LogP contribution in [0.2, 0.25) is 0 Å². The number of nitrogens with one attached hydrogen (secondary N) is 1. The fourth-order valence-electron chi connectivity index (χ4n) is 3.22. The minimum Gasteiger partial charge on any atom is -0.464 e. The molecule has 1 atom stereocenters. The second kappa shape index (κ2) is 6.92. The summed E-state index contributed by atoms with van der Waals surface area (Å²) in [7, 11) is 0. The lowest BCUT2D eigenvalue weighted by Gasteiger charge is -2.33. The molecule has 5 nitrogen and oxygen atoms in total. The van der Waals surface area contributed by atoms with E-state index >= 15 is 0 Å². The molecule has 1 aromatic carbocycles. The molecule has 2 fully saturated rings. The van der Waals surface area contributed by atoms with Gasteiger partial charge in [-0.15, -0.1) is 0 Å². The number of carbonyl (C=O) groups is 2. The lowest BCUT2D eigenvalue weighted by Crippen LogP contribution is -2.46. The predicted octanol–water partition coefficient (Wildman–Crippen LogP) is 1.33. The highest BCUT2D eigenvalue weighted by Crippen LogP contribution is 2.23. The minimum atomic E-state index is -0.105. The van der Waals surface area contributed by atoms with Gasteiger partial charge in [0.25, 0.3) is 0 Å². The van der Waals surface area contributed by atoms with E-state index in [9.17, 15) is 9.59 Å². The van der Waals surface area contributed by atoms with Crippen molar-refractivity contribution in [1.29, 1.82) is 0 Å². The van der Waals surface area contributed by atoms with E-state index in [2.05, 4.69) is 10.2 Å². The first-order valence-electron chi connectivity index (χ1n) is 7.96. The van der Waals surface area contributed by atoms with Crippen molar-refractivity contribution in [2.24, 2.45) is 5.92 Å². The van der Waals surface area contributed by atoms with Crippen molar-refractivity contribution in [3.8, 4) is 0 Å². The van der Waals surface area contributed by atoms with Gasteiger partial charge >= 0.3 is 5.97 Å². The number of ether oxygens (including phenoxy) is 1. The Hall–Kier alpha value is -1.88. The Morgan fingerprint density at radius 3 is 2.55 bits per heavy atom. The van der Waals surface area contributed by atoms with E-state index in [1.807, 2.05) is 30.3 Å². The highest BCUT2D eigenvalue weighted by atomic mass is 16.5. The van der Waals surface area contributed by atoms with Crippen LogP contribution in [0.15, 0.2) is 30.3 Å².